The number of nitrogens with zero attached hydrogens (tertiary/aromatic N) is 2. The van der Waals surface area contributed by atoms with Gasteiger partial charge in [0.1, 0.15) is 5.75 Å². The lowest BCUT2D eigenvalue weighted by Crippen LogP contribution is -2.38. The summed E-state index contributed by atoms with van der Waals surface area (Å²) in [5, 5.41) is 15.3. The molecule has 1 aliphatic heterocycles. The Hall–Kier alpha value is -0.970. The van der Waals surface area contributed by atoms with Gasteiger partial charge < -0.3 is 5.11 Å². The molecule has 1 saturated heterocycles. The molecule has 3 aliphatic carbocycles. The van der Waals surface area contributed by atoms with E-state index in [0.717, 1.165) is 21.4 Å². The lowest BCUT2D eigenvalue weighted by molar-refractivity contribution is -0.140. The van der Waals surface area contributed by atoms with Gasteiger partial charge in [0.15, 0.2) is 0 Å². The number of fused-ring (bicyclic) bond motifs is 1. The fourth-order valence-corrected chi connectivity index (χ4v) is 5.87. The number of allylic oxidation sites excluding steroid dienone is 2. The predicted octanol–water partition coefficient (Wildman–Crippen LogP) is 3.13. The van der Waals surface area contributed by atoms with Crippen molar-refractivity contribution in [2.24, 2.45) is 28.8 Å². The quantitative estimate of drug-likeness (QED) is 0.268. The zero-order chi connectivity index (χ0) is 17.0. The van der Waals surface area contributed by atoms with Crippen molar-refractivity contribution in [1.29, 1.82) is 0 Å². The van der Waals surface area contributed by atoms with Crippen LogP contribution in [-0.2, 0) is 9.59 Å². The van der Waals surface area contributed by atoms with Crippen LogP contribution in [0.4, 0.5) is 0 Å². The normalized spacial score (nSPS) is 31.3. The summed E-state index contributed by atoms with van der Waals surface area (Å²) in [5.41, 5.74) is 0.503. The summed E-state index contributed by atoms with van der Waals surface area (Å²) in [6.45, 7) is 0. The number of benzene rings is 1. The van der Waals surface area contributed by atoms with Gasteiger partial charge in [-0.15, -0.1) is 0 Å². The third kappa shape index (κ3) is 2.51. The minimum atomic E-state index is -0.261. The summed E-state index contributed by atoms with van der Waals surface area (Å²) in [7, 11) is 0. The number of carbonyl (C=O) groups excluding carboxylic acids is 2. The number of aromatic hydroxyl groups is 1. The first kappa shape index (κ1) is 16.5. The molecule has 1 saturated carbocycles. The number of hydrazone groups is 1. The van der Waals surface area contributed by atoms with Crippen molar-refractivity contribution in [3.8, 4) is 5.75 Å². The number of imide groups is 1. The average Bonchev–Trinajstić information content (AvgIpc) is 2.84. The SMILES string of the molecule is O=C1[C@@H]2[C@@H](C(=O)N1/N=C\c1cc(I)cc(I)c1O)[C@H]1C=C[C@H]2CC1. The Morgan fingerprint density at radius 2 is 1.67 bits per heavy atom. The first-order valence-corrected chi connectivity index (χ1v) is 9.91. The maximum atomic E-state index is 12.7. The molecule has 2 bridgehead atoms. The number of rotatable bonds is 2. The van der Waals surface area contributed by atoms with Gasteiger partial charge in [0.05, 0.1) is 21.6 Å². The number of phenols is 1. The number of amides is 2. The highest BCUT2D eigenvalue weighted by atomic mass is 127. The standard InChI is InChI=1S/C17H14I2N2O3/c18-11-5-10(15(22)12(19)6-11)7-20-21-16(23)13-8-1-2-9(4-3-8)14(13)17(21)24/h1-2,5-9,13-14,22H,3-4H2/b20-7-/t8-,9-,13-,14-/m0/s1. The van der Waals surface area contributed by atoms with E-state index in [9.17, 15) is 14.7 Å². The van der Waals surface area contributed by atoms with Crippen LogP contribution in [0.1, 0.15) is 18.4 Å². The fraction of sp³-hybridized carbons (Fsp3) is 0.353. The lowest BCUT2D eigenvalue weighted by Gasteiger charge is -2.37. The Morgan fingerprint density at radius 1 is 1.08 bits per heavy atom. The van der Waals surface area contributed by atoms with E-state index >= 15 is 0 Å². The average molecular weight is 548 g/mol. The Morgan fingerprint density at radius 3 is 2.21 bits per heavy atom. The van der Waals surface area contributed by atoms with Crippen molar-refractivity contribution >= 4 is 63.2 Å². The summed E-state index contributed by atoms with van der Waals surface area (Å²) in [4.78, 5) is 25.3. The third-order valence-corrected chi connectivity index (χ3v) is 6.55. The van der Waals surface area contributed by atoms with Crippen molar-refractivity contribution in [3.63, 3.8) is 0 Å². The molecule has 124 valence electrons. The van der Waals surface area contributed by atoms with Crippen molar-refractivity contribution in [3.05, 3.63) is 37.0 Å². The topological polar surface area (TPSA) is 70.0 Å². The first-order chi connectivity index (χ1) is 11.5. The van der Waals surface area contributed by atoms with Gasteiger partial charge in [-0.3, -0.25) is 9.59 Å². The number of hydrogen-bond acceptors (Lipinski definition) is 4. The zero-order valence-electron chi connectivity index (χ0n) is 12.5. The molecule has 4 atom stereocenters. The molecule has 1 N–H and O–H groups in total. The molecule has 0 aromatic heterocycles. The van der Waals surface area contributed by atoms with Crippen LogP contribution in [0.5, 0.6) is 5.75 Å². The smallest absolute Gasteiger partial charge is 0.254 e. The molecule has 1 aromatic rings. The molecule has 5 nitrogen and oxygen atoms in total. The number of hydrogen-bond donors (Lipinski definition) is 1. The molecule has 4 aliphatic rings. The van der Waals surface area contributed by atoms with Gasteiger partial charge in [0.2, 0.25) is 0 Å². The fourth-order valence-electron chi connectivity index (χ4n) is 3.98. The molecule has 2 fully saturated rings. The summed E-state index contributed by atoms with van der Waals surface area (Å²) >= 11 is 4.19. The van der Waals surface area contributed by atoms with Crippen LogP contribution >= 0.6 is 45.2 Å². The summed E-state index contributed by atoms with van der Waals surface area (Å²) < 4.78 is 1.65. The van der Waals surface area contributed by atoms with E-state index in [-0.39, 0.29) is 41.2 Å². The molecule has 1 heterocycles. The second-order valence-electron chi connectivity index (χ2n) is 6.40. The molecule has 2 amide bonds. The van der Waals surface area contributed by atoms with E-state index in [2.05, 4.69) is 39.8 Å². The van der Waals surface area contributed by atoms with Gasteiger partial charge >= 0.3 is 0 Å². The van der Waals surface area contributed by atoms with Crippen molar-refractivity contribution in [1.82, 2.24) is 5.01 Å². The van der Waals surface area contributed by atoms with Crippen LogP contribution < -0.4 is 0 Å². The Labute approximate surface area is 166 Å². The van der Waals surface area contributed by atoms with Gasteiger partial charge in [0.25, 0.3) is 11.8 Å². The van der Waals surface area contributed by atoms with E-state index in [1.165, 1.54) is 6.21 Å². The van der Waals surface area contributed by atoms with E-state index in [1.54, 1.807) is 6.07 Å². The van der Waals surface area contributed by atoms with Crippen LogP contribution in [0, 0.1) is 30.8 Å². The zero-order valence-corrected chi connectivity index (χ0v) is 16.8. The molecular formula is C17H14I2N2O3. The van der Waals surface area contributed by atoms with Gasteiger partial charge in [-0.05, 0) is 82.0 Å². The van der Waals surface area contributed by atoms with Gasteiger partial charge in [-0.1, -0.05) is 12.2 Å². The van der Waals surface area contributed by atoms with Crippen LogP contribution in [0.3, 0.4) is 0 Å². The monoisotopic (exact) mass is 548 g/mol. The van der Waals surface area contributed by atoms with E-state index in [4.69, 9.17) is 0 Å². The highest BCUT2D eigenvalue weighted by molar-refractivity contribution is 14.1. The van der Waals surface area contributed by atoms with Gasteiger partial charge in [-0.25, -0.2) is 0 Å². The highest BCUT2D eigenvalue weighted by Crippen LogP contribution is 2.49. The summed E-state index contributed by atoms with van der Waals surface area (Å²) in [6, 6.07) is 3.61. The van der Waals surface area contributed by atoms with Crippen LogP contribution in [0.25, 0.3) is 0 Å². The maximum Gasteiger partial charge on any atom is 0.254 e. The van der Waals surface area contributed by atoms with Crippen LogP contribution in [0.2, 0.25) is 0 Å². The number of halogens is 2. The minimum absolute atomic E-state index is 0.109. The molecule has 0 unspecified atom stereocenters. The summed E-state index contributed by atoms with van der Waals surface area (Å²) in [6.07, 6.45) is 7.51. The van der Waals surface area contributed by atoms with Crippen molar-refractivity contribution in [2.75, 3.05) is 0 Å². The maximum absolute atomic E-state index is 12.7. The van der Waals surface area contributed by atoms with Crippen LogP contribution in [-0.4, -0.2) is 28.1 Å². The minimum Gasteiger partial charge on any atom is -0.506 e. The third-order valence-electron chi connectivity index (χ3n) is 5.11. The molecule has 24 heavy (non-hydrogen) atoms. The van der Waals surface area contributed by atoms with Crippen molar-refractivity contribution in [2.45, 2.75) is 12.8 Å². The lowest BCUT2D eigenvalue weighted by atomic mass is 9.63. The highest BCUT2D eigenvalue weighted by Gasteiger charge is 2.56. The molecule has 0 radical (unpaired) electrons. The molecule has 1 aromatic carbocycles. The van der Waals surface area contributed by atoms with E-state index < -0.39 is 0 Å². The Bertz CT molecular complexity index is 773. The van der Waals surface area contributed by atoms with Gasteiger partial charge in [-0.2, -0.15) is 10.1 Å². The molecule has 7 heteroatoms. The summed E-state index contributed by atoms with van der Waals surface area (Å²) in [5.74, 6) is -0.517. The Kier molecular flexibility index (Phi) is 4.18. The number of carbonyl (C=O) groups is 2. The predicted molar refractivity (Wildman–Crippen MR) is 105 cm³/mol. The van der Waals surface area contributed by atoms with Crippen LogP contribution in [0.15, 0.2) is 29.4 Å². The Balaban J connectivity index is 1.64. The second kappa shape index (κ2) is 6.08. The van der Waals surface area contributed by atoms with Crippen molar-refractivity contribution < 1.29 is 14.7 Å². The van der Waals surface area contributed by atoms with E-state index in [1.807, 2.05) is 28.7 Å². The molecule has 0 spiro atoms. The molecular weight excluding hydrogens is 534 g/mol. The number of phenolic OH excluding ortho intramolecular Hbond substituents is 1. The van der Waals surface area contributed by atoms with E-state index in [0.29, 0.717) is 9.13 Å². The first-order valence-electron chi connectivity index (χ1n) is 7.75. The molecule has 5 rings (SSSR count). The second-order valence-corrected chi connectivity index (χ2v) is 8.81. The largest absolute Gasteiger partial charge is 0.506 e. The van der Waals surface area contributed by atoms with Gasteiger partial charge in [0, 0.05) is 9.13 Å².